The molecule has 5 aliphatic rings. The molecule has 0 bridgehead atoms. The van der Waals surface area contributed by atoms with Crippen molar-refractivity contribution in [3.8, 4) is 0 Å². The number of aliphatic hydroxyl groups is 1. The number of carboxylic acid groups (broad SMARTS) is 1. The second-order valence-electron chi connectivity index (χ2n) is 13.9. The average Bonchev–Trinajstić information content (AvgIpc) is 2.73. The zero-order valence-corrected chi connectivity index (χ0v) is 21.3. The highest BCUT2D eigenvalue weighted by Gasteiger charge is 2.66. The van der Waals surface area contributed by atoms with Crippen LogP contribution < -0.4 is 0 Å². The van der Waals surface area contributed by atoms with Crippen LogP contribution >= 0.6 is 0 Å². The minimum atomic E-state index is -0.536. The second-order valence-corrected chi connectivity index (χ2v) is 13.9. The van der Waals surface area contributed by atoms with Crippen LogP contribution in [0.1, 0.15) is 99.3 Å². The fraction of sp³-hybridized carbons (Fsp3) is 0.897. The van der Waals surface area contributed by atoms with Gasteiger partial charge in [0.25, 0.3) is 0 Å². The minimum Gasteiger partial charge on any atom is -0.481 e. The number of hydrogen-bond acceptors (Lipinski definition) is 2. The van der Waals surface area contributed by atoms with Gasteiger partial charge in [-0.3, -0.25) is 4.79 Å². The highest BCUT2D eigenvalue weighted by molar-refractivity contribution is 5.76. The predicted octanol–water partition coefficient (Wildman–Crippen LogP) is 6.70. The molecular weight excluding hydrogens is 396 g/mol. The molecule has 5 aliphatic carbocycles. The minimum absolute atomic E-state index is 0.0172. The standard InChI is InChI=1S/C29H46O3/c1-17-9-15-29(25(31)32)16-10-20-19(24(29)18(17)2)7-8-22-27(20,5)13-11-21-26(3,4)23(30)12-14-28(21,22)6/h7,17-18,20-24,30H,8-16H2,1-6H3,(H,31,32)/t17-,18+,20-,21+,22?,23+,24+,27+,28+,29+/m1/s1. The zero-order valence-electron chi connectivity index (χ0n) is 21.3. The summed E-state index contributed by atoms with van der Waals surface area (Å²) in [4.78, 5) is 12.7. The molecule has 0 aliphatic heterocycles. The van der Waals surface area contributed by atoms with Gasteiger partial charge < -0.3 is 10.2 Å². The van der Waals surface area contributed by atoms with Crippen LogP contribution in [0.15, 0.2) is 11.6 Å². The van der Waals surface area contributed by atoms with Gasteiger partial charge in [0.2, 0.25) is 0 Å². The van der Waals surface area contributed by atoms with Crippen molar-refractivity contribution < 1.29 is 15.0 Å². The maximum Gasteiger partial charge on any atom is 0.310 e. The van der Waals surface area contributed by atoms with Crippen LogP contribution in [0.2, 0.25) is 0 Å². The normalized spacial score (nSPS) is 54.3. The maximum absolute atomic E-state index is 12.7. The molecule has 3 nitrogen and oxygen atoms in total. The summed E-state index contributed by atoms with van der Waals surface area (Å²) in [6.45, 7) is 14.4. The lowest BCUT2D eigenvalue weighted by Gasteiger charge is -2.68. The van der Waals surface area contributed by atoms with E-state index in [1.807, 2.05) is 0 Å². The van der Waals surface area contributed by atoms with Crippen molar-refractivity contribution in [1.29, 1.82) is 0 Å². The van der Waals surface area contributed by atoms with E-state index in [1.165, 1.54) is 18.4 Å². The number of aliphatic carboxylic acids is 1. The maximum atomic E-state index is 12.7. The molecule has 4 saturated carbocycles. The van der Waals surface area contributed by atoms with E-state index in [4.69, 9.17) is 0 Å². The number of hydrogen-bond donors (Lipinski definition) is 2. The van der Waals surface area contributed by atoms with Gasteiger partial charge in [0.05, 0.1) is 11.5 Å². The highest BCUT2D eigenvalue weighted by Crippen LogP contribution is 2.72. The third kappa shape index (κ3) is 2.72. The Balaban J connectivity index is 1.56. The topological polar surface area (TPSA) is 57.5 Å². The molecule has 2 N–H and O–H groups in total. The van der Waals surface area contributed by atoms with Crippen LogP contribution in [-0.4, -0.2) is 22.3 Å². The lowest BCUT2D eigenvalue weighted by Crippen LogP contribution is -2.62. The van der Waals surface area contributed by atoms with Crippen LogP contribution in [0, 0.1) is 57.2 Å². The zero-order chi connectivity index (χ0) is 23.3. The number of carbonyl (C=O) groups is 1. The Morgan fingerprint density at radius 2 is 1.56 bits per heavy atom. The third-order valence-corrected chi connectivity index (χ3v) is 12.6. The number of aliphatic hydroxyl groups excluding tert-OH is 1. The average molecular weight is 443 g/mol. The monoisotopic (exact) mass is 442 g/mol. The van der Waals surface area contributed by atoms with Gasteiger partial charge in [0.1, 0.15) is 0 Å². The molecule has 0 aromatic carbocycles. The van der Waals surface area contributed by atoms with Gasteiger partial charge >= 0.3 is 5.97 Å². The number of fused-ring (bicyclic) bond motifs is 7. The van der Waals surface area contributed by atoms with Gasteiger partial charge in [0.15, 0.2) is 0 Å². The van der Waals surface area contributed by atoms with Crippen LogP contribution in [-0.2, 0) is 4.79 Å². The first kappa shape index (κ1) is 22.9. The molecule has 10 atom stereocenters. The fourth-order valence-electron chi connectivity index (χ4n) is 10.5. The van der Waals surface area contributed by atoms with Crippen LogP contribution in [0.25, 0.3) is 0 Å². The van der Waals surface area contributed by atoms with E-state index < -0.39 is 11.4 Å². The Morgan fingerprint density at radius 1 is 0.906 bits per heavy atom. The number of rotatable bonds is 1. The Morgan fingerprint density at radius 3 is 2.25 bits per heavy atom. The van der Waals surface area contributed by atoms with Crippen LogP contribution in [0.5, 0.6) is 0 Å². The molecule has 3 heteroatoms. The quantitative estimate of drug-likeness (QED) is 0.444. The van der Waals surface area contributed by atoms with Gasteiger partial charge in [0, 0.05) is 0 Å². The number of allylic oxidation sites excluding steroid dienone is 2. The smallest absolute Gasteiger partial charge is 0.310 e. The first-order valence-electron chi connectivity index (χ1n) is 13.5. The summed E-state index contributed by atoms with van der Waals surface area (Å²) >= 11 is 0. The van der Waals surface area contributed by atoms with Gasteiger partial charge in [-0.15, -0.1) is 0 Å². The van der Waals surface area contributed by atoms with Crippen LogP contribution in [0.3, 0.4) is 0 Å². The van der Waals surface area contributed by atoms with Crippen molar-refractivity contribution in [3.05, 3.63) is 11.6 Å². The summed E-state index contributed by atoms with van der Waals surface area (Å²) in [6.07, 6.45) is 11.8. The van der Waals surface area contributed by atoms with Crippen molar-refractivity contribution in [2.75, 3.05) is 0 Å². The first-order valence-corrected chi connectivity index (χ1v) is 13.5. The number of carboxylic acids is 1. The highest BCUT2D eigenvalue weighted by atomic mass is 16.4. The molecule has 0 saturated heterocycles. The van der Waals surface area contributed by atoms with E-state index in [2.05, 4.69) is 47.6 Å². The van der Waals surface area contributed by atoms with Gasteiger partial charge in [-0.05, 0) is 110 Å². The fourth-order valence-corrected chi connectivity index (χ4v) is 10.5. The molecule has 0 heterocycles. The van der Waals surface area contributed by atoms with Crippen molar-refractivity contribution in [1.82, 2.24) is 0 Å². The molecule has 4 fully saturated rings. The van der Waals surface area contributed by atoms with Crippen LogP contribution in [0.4, 0.5) is 0 Å². The summed E-state index contributed by atoms with van der Waals surface area (Å²) in [6, 6.07) is 0. The van der Waals surface area contributed by atoms with E-state index in [1.54, 1.807) is 0 Å². The van der Waals surface area contributed by atoms with Crippen molar-refractivity contribution in [2.45, 2.75) is 105 Å². The molecule has 0 aromatic rings. The molecule has 0 aromatic heterocycles. The summed E-state index contributed by atoms with van der Waals surface area (Å²) in [5.41, 5.74) is 1.52. The second kappa shape index (κ2) is 7.09. The predicted molar refractivity (Wildman–Crippen MR) is 128 cm³/mol. The Hall–Kier alpha value is -0.830. The van der Waals surface area contributed by atoms with E-state index in [0.29, 0.717) is 29.6 Å². The Labute approximate surface area is 195 Å². The summed E-state index contributed by atoms with van der Waals surface area (Å²) in [7, 11) is 0. The molecule has 32 heavy (non-hydrogen) atoms. The van der Waals surface area contributed by atoms with E-state index in [9.17, 15) is 15.0 Å². The van der Waals surface area contributed by atoms with E-state index >= 15 is 0 Å². The molecule has 180 valence electrons. The molecule has 1 unspecified atom stereocenters. The third-order valence-electron chi connectivity index (χ3n) is 12.6. The lowest BCUT2D eigenvalue weighted by molar-refractivity contribution is -0.189. The molecule has 0 spiro atoms. The molecule has 0 radical (unpaired) electrons. The van der Waals surface area contributed by atoms with Gasteiger partial charge in [-0.25, -0.2) is 0 Å². The van der Waals surface area contributed by atoms with Gasteiger partial charge in [-0.2, -0.15) is 0 Å². The molecular formula is C29H46O3. The summed E-state index contributed by atoms with van der Waals surface area (Å²) < 4.78 is 0. The largest absolute Gasteiger partial charge is 0.481 e. The van der Waals surface area contributed by atoms with Crippen molar-refractivity contribution >= 4 is 5.97 Å². The van der Waals surface area contributed by atoms with Crippen molar-refractivity contribution in [3.63, 3.8) is 0 Å². The van der Waals surface area contributed by atoms with Crippen molar-refractivity contribution in [2.24, 2.45) is 57.2 Å². The summed E-state index contributed by atoms with van der Waals surface area (Å²) in [5, 5.41) is 21.3. The van der Waals surface area contributed by atoms with Gasteiger partial charge in [-0.1, -0.05) is 53.2 Å². The summed E-state index contributed by atoms with van der Waals surface area (Å²) in [5.74, 6) is 2.49. The molecule has 5 rings (SSSR count). The Bertz CT molecular complexity index is 828. The van der Waals surface area contributed by atoms with E-state index in [0.717, 1.165) is 44.9 Å². The molecule has 0 amide bonds. The SMILES string of the molecule is C[C@H]1[C@H](C)CC[C@]2(C(=O)O)CC[C@@H]3C(=CCC4[C@@]3(C)CC[C@H]3C(C)(C)[C@@H](O)CC[C@]43C)[C@H]12. The van der Waals surface area contributed by atoms with E-state index in [-0.39, 0.29) is 28.3 Å². The Kier molecular flexibility index (Phi) is 5.08. The first-order chi connectivity index (χ1) is 14.9. The lowest BCUT2D eigenvalue weighted by atomic mass is 9.37.